The van der Waals surface area contributed by atoms with Crippen molar-refractivity contribution in [1.82, 2.24) is 9.55 Å². The van der Waals surface area contributed by atoms with Gasteiger partial charge in [-0.05, 0) is 37.8 Å². The topological polar surface area (TPSA) is 29.9 Å². The van der Waals surface area contributed by atoms with Gasteiger partial charge in [0.15, 0.2) is 0 Å². The Morgan fingerprint density at radius 1 is 1.37 bits per heavy atom. The summed E-state index contributed by atoms with van der Waals surface area (Å²) in [5.74, 6) is 1.77. The van der Waals surface area contributed by atoms with Crippen molar-refractivity contribution >= 4 is 5.69 Å². The molecule has 3 nitrogen and oxygen atoms in total. The van der Waals surface area contributed by atoms with Crippen molar-refractivity contribution in [3.05, 3.63) is 48.0 Å². The number of anilines is 1. The lowest BCUT2D eigenvalue weighted by atomic mass is 9.85. The van der Waals surface area contributed by atoms with Gasteiger partial charge in [0, 0.05) is 37.1 Å². The molecule has 0 amide bonds. The minimum absolute atomic E-state index is 0.532. The van der Waals surface area contributed by atoms with Crippen molar-refractivity contribution in [1.29, 1.82) is 0 Å². The Morgan fingerprint density at radius 2 is 2.21 bits per heavy atom. The van der Waals surface area contributed by atoms with E-state index in [1.54, 1.807) is 0 Å². The monoisotopic (exact) mass is 255 g/mol. The van der Waals surface area contributed by atoms with Crippen LogP contribution in [-0.4, -0.2) is 15.6 Å². The van der Waals surface area contributed by atoms with Gasteiger partial charge in [-0.15, -0.1) is 0 Å². The molecule has 0 saturated carbocycles. The van der Waals surface area contributed by atoms with Crippen molar-refractivity contribution in [2.75, 3.05) is 5.32 Å². The normalized spacial score (nSPS) is 21.8. The molecule has 1 aliphatic heterocycles. The summed E-state index contributed by atoms with van der Waals surface area (Å²) in [6, 6.07) is 9.21. The molecule has 0 saturated heterocycles. The van der Waals surface area contributed by atoms with Crippen LogP contribution in [0.25, 0.3) is 0 Å². The molecule has 3 heteroatoms. The number of para-hydroxylation sites is 1. The molecule has 0 bridgehead atoms. The van der Waals surface area contributed by atoms with Gasteiger partial charge >= 0.3 is 0 Å². The maximum Gasteiger partial charge on any atom is 0.109 e. The molecule has 3 rings (SSSR count). The summed E-state index contributed by atoms with van der Waals surface area (Å²) in [5.41, 5.74) is 2.73. The predicted molar refractivity (Wildman–Crippen MR) is 78.5 cm³/mol. The lowest BCUT2D eigenvalue weighted by molar-refractivity contribution is 0.527. The standard InChI is InChI=1S/C16H21N3/c1-3-19-9-8-17-16(19)11-13-10-12(2)18-15-7-5-4-6-14(13)15/h4-9,12-13,18H,3,10-11H2,1-2H3. The van der Waals surface area contributed by atoms with Crippen LogP contribution >= 0.6 is 0 Å². The average Bonchev–Trinajstić information content (AvgIpc) is 2.86. The fourth-order valence-corrected chi connectivity index (χ4v) is 3.09. The van der Waals surface area contributed by atoms with Crippen molar-refractivity contribution in [2.24, 2.45) is 0 Å². The van der Waals surface area contributed by atoms with Gasteiger partial charge in [0.25, 0.3) is 0 Å². The maximum atomic E-state index is 4.52. The van der Waals surface area contributed by atoms with Gasteiger partial charge in [0.05, 0.1) is 0 Å². The number of aryl methyl sites for hydroxylation is 1. The summed E-state index contributed by atoms with van der Waals surface area (Å²) in [5, 5.41) is 3.57. The van der Waals surface area contributed by atoms with Gasteiger partial charge in [-0.3, -0.25) is 0 Å². The van der Waals surface area contributed by atoms with Gasteiger partial charge in [-0.1, -0.05) is 18.2 Å². The van der Waals surface area contributed by atoms with Crippen LogP contribution in [0.2, 0.25) is 0 Å². The van der Waals surface area contributed by atoms with Crippen LogP contribution < -0.4 is 5.32 Å². The lowest BCUT2D eigenvalue weighted by Crippen LogP contribution is -2.26. The molecule has 19 heavy (non-hydrogen) atoms. The number of nitrogens with one attached hydrogen (secondary N) is 1. The Bertz CT molecular complexity index is 559. The third-order valence-electron chi connectivity index (χ3n) is 4.01. The minimum Gasteiger partial charge on any atom is -0.382 e. The summed E-state index contributed by atoms with van der Waals surface area (Å²) < 4.78 is 2.25. The highest BCUT2D eigenvalue weighted by molar-refractivity contribution is 5.55. The number of hydrogen-bond acceptors (Lipinski definition) is 2. The van der Waals surface area contributed by atoms with Gasteiger partial charge in [-0.25, -0.2) is 4.98 Å². The van der Waals surface area contributed by atoms with E-state index in [2.05, 4.69) is 59.2 Å². The molecule has 0 fully saturated rings. The maximum absolute atomic E-state index is 4.52. The smallest absolute Gasteiger partial charge is 0.109 e. The van der Waals surface area contributed by atoms with Gasteiger partial charge < -0.3 is 9.88 Å². The molecular weight excluding hydrogens is 234 g/mol. The van der Waals surface area contributed by atoms with E-state index < -0.39 is 0 Å². The van der Waals surface area contributed by atoms with E-state index in [0.29, 0.717) is 12.0 Å². The first kappa shape index (κ1) is 12.3. The minimum atomic E-state index is 0.532. The van der Waals surface area contributed by atoms with Crippen LogP contribution in [0.15, 0.2) is 36.7 Å². The third kappa shape index (κ3) is 2.37. The molecule has 1 N–H and O–H groups in total. The van der Waals surface area contributed by atoms with Gasteiger partial charge in [0.1, 0.15) is 5.82 Å². The van der Waals surface area contributed by atoms with Crippen LogP contribution in [0.3, 0.4) is 0 Å². The molecule has 0 radical (unpaired) electrons. The Hall–Kier alpha value is -1.77. The summed E-state index contributed by atoms with van der Waals surface area (Å²) >= 11 is 0. The number of benzene rings is 1. The molecule has 0 spiro atoms. The molecule has 1 aromatic heterocycles. The van der Waals surface area contributed by atoms with Crippen molar-refractivity contribution < 1.29 is 0 Å². The Kier molecular flexibility index (Phi) is 3.28. The number of nitrogens with zero attached hydrogens (tertiary/aromatic N) is 2. The van der Waals surface area contributed by atoms with E-state index in [0.717, 1.165) is 13.0 Å². The fourth-order valence-electron chi connectivity index (χ4n) is 3.09. The molecule has 100 valence electrons. The molecule has 0 aliphatic carbocycles. The SMILES string of the molecule is CCn1ccnc1CC1CC(C)Nc2ccccc21. The van der Waals surface area contributed by atoms with Gasteiger partial charge in [-0.2, -0.15) is 0 Å². The molecule has 2 unspecified atom stereocenters. The van der Waals surface area contributed by atoms with E-state index >= 15 is 0 Å². The highest BCUT2D eigenvalue weighted by Gasteiger charge is 2.25. The second kappa shape index (κ2) is 5.08. The zero-order valence-corrected chi connectivity index (χ0v) is 11.6. The first-order valence-electron chi connectivity index (χ1n) is 7.13. The van der Waals surface area contributed by atoms with Crippen molar-refractivity contribution in [3.63, 3.8) is 0 Å². The molecule has 1 aliphatic rings. The van der Waals surface area contributed by atoms with Crippen LogP contribution in [0.5, 0.6) is 0 Å². The fraction of sp³-hybridized carbons (Fsp3) is 0.438. The van der Waals surface area contributed by atoms with Crippen molar-refractivity contribution in [3.8, 4) is 0 Å². The summed E-state index contributed by atoms with van der Waals surface area (Å²) in [6.07, 6.45) is 6.19. The summed E-state index contributed by atoms with van der Waals surface area (Å²) in [7, 11) is 0. The van der Waals surface area contributed by atoms with E-state index in [1.807, 2.05) is 6.20 Å². The third-order valence-corrected chi connectivity index (χ3v) is 4.01. The molecular formula is C16H21N3. The van der Waals surface area contributed by atoms with E-state index in [4.69, 9.17) is 0 Å². The first-order chi connectivity index (χ1) is 9.28. The molecule has 2 aromatic rings. The number of hydrogen-bond donors (Lipinski definition) is 1. The van der Waals surface area contributed by atoms with Crippen LogP contribution in [0.1, 0.15) is 37.6 Å². The molecule has 2 atom stereocenters. The molecule has 2 heterocycles. The van der Waals surface area contributed by atoms with Crippen LogP contribution in [0, 0.1) is 0 Å². The number of rotatable bonds is 3. The van der Waals surface area contributed by atoms with Crippen LogP contribution in [0.4, 0.5) is 5.69 Å². The number of imidazole rings is 1. The van der Waals surface area contributed by atoms with E-state index in [9.17, 15) is 0 Å². The Labute approximate surface area is 114 Å². The summed E-state index contributed by atoms with van der Waals surface area (Å²) in [6.45, 7) is 5.43. The number of fused-ring (bicyclic) bond motifs is 1. The van der Waals surface area contributed by atoms with E-state index in [-0.39, 0.29) is 0 Å². The average molecular weight is 255 g/mol. The van der Waals surface area contributed by atoms with E-state index in [1.165, 1.54) is 23.5 Å². The Morgan fingerprint density at radius 3 is 3.05 bits per heavy atom. The van der Waals surface area contributed by atoms with Crippen LogP contribution in [-0.2, 0) is 13.0 Å². The number of aromatic nitrogens is 2. The lowest BCUT2D eigenvalue weighted by Gasteiger charge is -2.31. The summed E-state index contributed by atoms with van der Waals surface area (Å²) in [4.78, 5) is 4.52. The van der Waals surface area contributed by atoms with Gasteiger partial charge in [0.2, 0.25) is 0 Å². The highest BCUT2D eigenvalue weighted by atomic mass is 15.1. The second-order valence-corrected chi connectivity index (χ2v) is 5.40. The zero-order chi connectivity index (χ0) is 13.2. The largest absolute Gasteiger partial charge is 0.382 e. The second-order valence-electron chi connectivity index (χ2n) is 5.40. The highest BCUT2D eigenvalue weighted by Crippen LogP contribution is 2.35. The Balaban J connectivity index is 1.89. The zero-order valence-electron chi connectivity index (χ0n) is 11.6. The predicted octanol–water partition coefficient (Wildman–Crippen LogP) is 3.43. The first-order valence-corrected chi connectivity index (χ1v) is 7.13. The molecule has 1 aromatic carbocycles. The van der Waals surface area contributed by atoms with Crippen molar-refractivity contribution in [2.45, 2.75) is 45.2 Å². The quantitative estimate of drug-likeness (QED) is 0.910.